The quantitative estimate of drug-likeness (QED) is 0.249. The fourth-order valence-corrected chi connectivity index (χ4v) is 6.68. The number of aryl methyl sites for hydroxylation is 1. The predicted octanol–water partition coefficient (Wildman–Crippen LogP) is 4.13. The zero-order chi connectivity index (χ0) is 27.8. The van der Waals surface area contributed by atoms with Gasteiger partial charge in [0.05, 0.1) is 13.2 Å². The van der Waals surface area contributed by atoms with Gasteiger partial charge < -0.3 is 30.0 Å². The summed E-state index contributed by atoms with van der Waals surface area (Å²) >= 11 is 0.903. The third-order valence-corrected chi connectivity index (χ3v) is 8.78. The number of anilines is 1. The number of amides is 2. The Bertz CT molecular complexity index is 1330. The topological polar surface area (TPSA) is 132 Å². The maximum absolute atomic E-state index is 13.6. The van der Waals surface area contributed by atoms with E-state index in [0.717, 1.165) is 16.8 Å². The number of alkyl carbamates (subject to hydrolysis) is 1. The van der Waals surface area contributed by atoms with E-state index in [4.69, 9.17) is 4.74 Å². The molecule has 2 amide bonds. The molecule has 3 aromatic rings. The van der Waals surface area contributed by atoms with Crippen LogP contribution in [0.15, 0.2) is 77.1 Å². The van der Waals surface area contributed by atoms with Crippen LogP contribution in [0.2, 0.25) is 0 Å². The molecule has 1 aromatic heterocycles. The van der Waals surface area contributed by atoms with Crippen molar-refractivity contribution in [3.63, 3.8) is 0 Å². The lowest BCUT2D eigenvalue weighted by atomic mass is 10.0. The number of rotatable bonds is 11. The van der Waals surface area contributed by atoms with Gasteiger partial charge in [0.25, 0.3) is 0 Å². The monoisotopic (exact) mass is 585 g/mol. The fourth-order valence-electron chi connectivity index (χ4n) is 4.14. The summed E-state index contributed by atoms with van der Waals surface area (Å²) in [6.45, 7) is 2.07. The lowest BCUT2D eigenvalue weighted by Crippen LogP contribution is -2.52. The van der Waals surface area contributed by atoms with Crippen molar-refractivity contribution in [1.29, 1.82) is 0 Å². The van der Waals surface area contributed by atoms with Crippen LogP contribution in [0.5, 0.6) is 0 Å². The summed E-state index contributed by atoms with van der Waals surface area (Å²) in [5, 5.41) is 13.4. The first-order chi connectivity index (χ1) is 18.8. The molecule has 12 heteroatoms. The number of benzene rings is 2. The Balaban J connectivity index is 1.55. The number of hydrogen-bond acceptors (Lipinski definition) is 8. The Kier molecular flexibility index (Phi) is 10.0. The normalized spacial score (nSPS) is 16.8. The Morgan fingerprint density at radius 1 is 1.05 bits per heavy atom. The second-order valence-corrected chi connectivity index (χ2v) is 11.5. The molecular weight excluding hydrogens is 557 g/mol. The zero-order valence-corrected chi connectivity index (χ0v) is 23.8. The molecule has 4 atom stereocenters. The summed E-state index contributed by atoms with van der Waals surface area (Å²) in [5.74, 6) is -0.349. The van der Waals surface area contributed by atoms with Crippen LogP contribution in [0.4, 0.5) is 10.5 Å². The summed E-state index contributed by atoms with van der Waals surface area (Å²) in [6, 6.07) is 17.2. The summed E-state index contributed by atoms with van der Waals surface area (Å²) in [5.41, 5.74) is 4.28. The maximum Gasteiger partial charge on any atom is 0.407 e. The molecule has 0 radical (unpaired) electrons. The number of nitrogens with one attached hydrogen (secondary N) is 4. The van der Waals surface area contributed by atoms with Gasteiger partial charge >= 0.3 is 6.09 Å². The molecule has 39 heavy (non-hydrogen) atoms. The van der Waals surface area contributed by atoms with Gasteiger partial charge in [0.1, 0.15) is 11.4 Å². The van der Waals surface area contributed by atoms with Crippen molar-refractivity contribution >= 4 is 52.1 Å². The number of methoxy groups -OCH3 is 1. The molecule has 1 aliphatic rings. The van der Waals surface area contributed by atoms with Crippen molar-refractivity contribution in [1.82, 2.24) is 16.0 Å². The minimum Gasteiger partial charge on any atom is -0.755 e. The van der Waals surface area contributed by atoms with Gasteiger partial charge in [-0.15, -0.1) is 23.1 Å². The van der Waals surface area contributed by atoms with Crippen LogP contribution in [0.3, 0.4) is 0 Å². The van der Waals surface area contributed by atoms with Gasteiger partial charge in [0.15, 0.2) is 0 Å². The summed E-state index contributed by atoms with van der Waals surface area (Å²) < 4.78 is 29.0. The molecule has 4 rings (SSSR count). The highest BCUT2D eigenvalue weighted by Gasteiger charge is 2.30. The molecule has 1 aliphatic heterocycles. The second-order valence-electron chi connectivity index (χ2n) is 8.88. The van der Waals surface area contributed by atoms with Gasteiger partial charge in [-0.25, -0.2) is 4.79 Å². The van der Waals surface area contributed by atoms with Crippen LogP contribution in [-0.2, 0) is 33.6 Å². The Labute approximate surface area is 238 Å². The highest BCUT2D eigenvalue weighted by atomic mass is 32.2. The van der Waals surface area contributed by atoms with E-state index >= 15 is 0 Å². The van der Waals surface area contributed by atoms with Crippen molar-refractivity contribution in [3.05, 3.63) is 98.7 Å². The first-order valence-electron chi connectivity index (χ1n) is 12.1. The minimum absolute atomic E-state index is 0.0336. The largest absolute Gasteiger partial charge is 0.755 e. The number of hydrogen-bond donors (Lipinski definition) is 4. The van der Waals surface area contributed by atoms with Crippen LogP contribution in [0, 0.1) is 6.92 Å². The van der Waals surface area contributed by atoms with E-state index in [2.05, 4.69) is 39.0 Å². The minimum atomic E-state index is -2.42. The van der Waals surface area contributed by atoms with Crippen molar-refractivity contribution in [3.8, 4) is 0 Å². The standard InChI is InChI=1S/C27H30N4O5S3/c1-17-12-13-37-24(17)26-29-23(16-38-26)21(14-19-8-10-20(11-9-19)31-39(34)35)28-25(32)22(30-27(33)36-2)15-18-6-4-3-5-7-18/h3-13,16,21-22,26,29,31H,14-15H2,1-2H3,(H,28,32)(H,30,33)(H,34,35)/p-1/t21-,22-,26?/m0/s1. The average Bonchev–Trinajstić information content (AvgIpc) is 3.58. The van der Waals surface area contributed by atoms with E-state index in [1.807, 2.05) is 47.9 Å². The van der Waals surface area contributed by atoms with Crippen molar-refractivity contribution in [2.45, 2.75) is 37.2 Å². The SMILES string of the molecule is COC(=O)N[C@@H](Cc1ccccc1)C(=O)N[C@@H](Cc1ccc(NS(=O)[O-])cc1)C1=CSC(c2sccc2C)N1. The third-order valence-electron chi connectivity index (χ3n) is 6.13. The highest BCUT2D eigenvalue weighted by molar-refractivity contribution is 8.02. The lowest BCUT2D eigenvalue weighted by Gasteiger charge is -2.25. The van der Waals surface area contributed by atoms with Gasteiger partial charge in [0, 0.05) is 33.9 Å². The highest BCUT2D eigenvalue weighted by Crippen LogP contribution is 2.39. The van der Waals surface area contributed by atoms with Crippen LogP contribution in [-0.4, -0.2) is 40.0 Å². The van der Waals surface area contributed by atoms with E-state index in [9.17, 15) is 18.4 Å². The summed E-state index contributed by atoms with van der Waals surface area (Å²) in [7, 11) is 1.26. The molecule has 0 saturated heterocycles. The van der Waals surface area contributed by atoms with Crippen molar-refractivity contribution in [2.24, 2.45) is 0 Å². The first-order valence-corrected chi connectivity index (χ1v) is 15.0. The van der Waals surface area contributed by atoms with E-state index in [1.54, 1.807) is 35.2 Å². The number of thioether (sulfide) groups is 1. The van der Waals surface area contributed by atoms with E-state index in [0.29, 0.717) is 18.5 Å². The van der Waals surface area contributed by atoms with Crippen molar-refractivity contribution in [2.75, 3.05) is 11.8 Å². The molecule has 0 fully saturated rings. The fraction of sp³-hybridized carbons (Fsp3) is 0.259. The zero-order valence-electron chi connectivity index (χ0n) is 21.3. The Morgan fingerprint density at radius 2 is 1.77 bits per heavy atom. The molecule has 2 heterocycles. The maximum atomic E-state index is 13.6. The van der Waals surface area contributed by atoms with Crippen LogP contribution >= 0.6 is 23.1 Å². The molecule has 2 unspecified atom stereocenters. The number of ether oxygens (including phenoxy) is 1. The summed E-state index contributed by atoms with van der Waals surface area (Å²) in [6.07, 6.45) is 0.0426. The van der Waals surface area contributed by atoms with Gasteiger partial charge in [-0.2, -0.15) is 0 Å². The van der Waals surface area contributed by atoms with E-state index in [-0.39, 0.29) is 11.3 Å². The second kappa shape index (κ2) is 13.7. The van der Waals surface area contributed by atoms with Gasteiger partial charge in [-0.3, -0.25) is 9.00 Å². The molecule has 0 spiro atoms. The molecular formula is C27H29N4O5S3-. The van der Waals surface area contributed by atoms with E-state index < -0.39 is 29.4 Å². The van der Waals surface area contributed by atoms with Gasteiger partial charge in [0.2, 0.25) is 5.91 Å². The first kappa shape index (κ1) is 28.7. The number of carbonyl (C=O) groups excluding carboxylic acids is 2. The Morgan fingerprint density at radius 3 is 2.41 bits per heavy atom. The molecule has 0 bridgehead atoms. The van der Waals surface area contributed by atoms with Crippen LogP contribution < -0.4 is 20.7 Å². The average molecular weight is 586 g/mol. The predicted molar refractivity (Wildman–Crippen MR) is 155 cm³/mol. The van der Waals surface area contributed by atoms with Crippen LogP contribution in [0.25, 0.3) is 0 Å². The summed E-state index contributed by atoms with van der Waals surface area (Å²) in [4.78, 5) is 26.9. The lowest BCUT2D eigenvalue weighted by molar-refractivity contribution is -0.123. The number of thiophene rings is 1. The van der Waals surface area contributed by atoms with E-state index in [1.165, 1.54) is 17.6 Å². The number of carbonyl (C=O) groups is 2. The molecule has 0 saturated carbocycles. The molecule has 2 aromatic carbocycles. The van der Waals surface area contributed by atoms with Gasteiger partial charge in [-0.1, -0.05) is 42.5 Å². The smallest absolute Gasteiger partial charge is 0.407 e. The van der Waals surface area contributed by atoms with Crippen LogP contribution in [0.1, 0.15) is 26.9 Å². The molecule has 9 nitrogen and oxygen atoms in total. The Hall–Kier alpha value is -3.32. The van der Waals surface area contributed by atoms with Crippen molar-refractivity contribution < 1.29 is 23.1 Å². The molecule has 206 valence electrons. The van der Waals surface area contributed by atoms with Gasteiger partial charge in [-0.05, 0) is 59.0 Å². The third kappa shape index (κ3) is 8.09. The molecule has 0 aliphatic carbocycles. The molecule has 4 N–H and O–H groups in total.